The molecular formula is C15H21NO2. The van der Waals surface area contributed by atoms with Gasteiger partial charge in [0.2, 0.25) is 0 Å². The molecule has 1 aromatic carbocycles. The normalized spacial score (nSPS) is 25.7. The van der Waals surface area contributed by atoms with Crippen LogP contribution in [0.15, 0.2) is 24.3 Å². The van der Waals surface area contributed by atoms with Crippen LogP contribution in [0.4, 0.5) is 0 Å². The number of hydrogen-bond acceptors (Lipinski definition) is 3. The topological polar surface area (TPSA) is 44.5 Å². The van der Waals surface area contributed by atoms with Gasteiger partial charge in [-0.05, 0) is 49.8 Å². The summed E-state index contributed by atoms with van der Waals surface area (Å²) in [5, 5.41) is 0. The van der Waals surface area contributed by atoms with Crippen molar-refractivity contribution in [3.63, 3.8) is 0 Å². The van der Waals surface area contributed by atoms with E-state index in [1.165, 1.54) is 5.56 Å². The van der Waals surface area contributed by atoms with Crippen molar-refractivity contribution in [2.75, 3.05) is 13.2 Å². The van der Waals surface area contributed by atoms with Gasteiger partial charge in [0.15, 0.2) is 0 Å². The molecule has 0 bridgehead atoms. The number of ether oxygens (including phenoxy) is 2. The molecule has 1 aliphatic heterocycles. The van der Waals surface area contributed by atoms with Gasteiger partial charge in [0.1, 0.15) is 11.9 Å². The molecule has 1 aromatic rings. The molecule has 0 amide bonds. The first kappa shape index (κ1) is 12.0. The van der Waals surface area contributed by atoms with Gasteiger partial charge in [0.05, 0.1) is 6.61 Å². The zero-order chi connectivity index (χ0) is 12.4. The summed E-state index contributed by atoms with van der Waals surface area (Å²) in [4.78, 5) is 0. The number of rotatable bonds is 4. The smallest absolute Gasteiger partial charge is 0.122 e. The van der Waals surface area contributed by atoms with Crippen LogP contribution in [-0.4, -0.2) is 24.9 Å². The minimum atomic E-state index is 0.0621. The molecule has 1 atom stereocenters. The lowest BCUT2D eigenvalue weighted by Crippen LogP contribution is -2.28. The minimum Gasteiger partial charge on any atom is -0.488 e. The molecule has 1 saturated heterocycles. The summed E-state index contributed by atoms with van der Waals surface area (Å²) in [5.74, 6) is 0.951. The second-order valence-corrected chi connectivity index (χ2v) is 5.64. The molecule has 3 rings (SSSR count). The van der Waals surface area contributed by atoms with Crippen LogP contribution < -0.4 is 10.5 Å². The lowest BCUT2D eigenvalue weighted by molar-refractivity contribution is 0.00740. The fraction of sp³-hybridized carbons (Fsp3) is 0.600. The maximum absolute atomic E-state index is 6.15. The van der Waals surface area contributed by atoms with E-state index >= 15 is 0 Å². The van der Waals surface area contributed by atoms with E-state index in [1.807, 2.05) is 6.07 Å². The van der Waals surface area contributed by atoms with Crippen molar-refractivity contribution >= 4 is 0 Å². The maximum Gasteiger partial charge on any atom is 0.122 e. The quantitative estimate of drug-likeness (QED) is 0.887. The van der Waals surface area contributed by atoms with E-state index < -0.39 is 0 Å². The van der Waals surface area contributed by atoms with E-state index in [0.717, 1.165) is 44.5 Å². The second kappa shape index (κ2) is 4.90. The molecule has 3 nitrogen and oxygen atoms in total. The molecule has 2 fully saturated rings. The summed E-state index contributed by atoms with van der Waals surface area (Å²) < 4.78 is 11.4. The van der Waals surface area contributed by atoms with Gasteiger partial charge in [0, 0.05) is 12.1 Å². The molecule has 1 heterocycles. The van der Waals surface area contributed by atoms with Crippen LogP contribution in [0, 0.1) is 0 Å². The predicted octanol–water partition coefficient (Wildman–Crippen LogP) is 2.28. The Kier molecular flexibility index (Phi) is 3.27. The first-order valence-corrected chi connectivity index (χ1v) is 6.86. The van der Waals surface area contributed by atoms with Crippen molar-refractivity contribution in [2.45, 2.75) is 43.7 Å². The average molecular weight is 247 g/mol. The first-order chi connectivity index (χ1) is 8.73. The molecule has 18 heavy (non-hydrogen) atoms. The highest BCUT2D eigenvalue weighted by atomic mass is 16.5. The Morgan fingerprint density at radius 1 is 1.39 bits per heavy atom. The molecule has 1 aliphatic carbocycles. The number of nitrogens with two attached hydrogens (primary N) is 1. The lowest BCUT2D eigenvalue weighted by atomic mass is 10.0. The van der Waals surface area contributed by atoms with E-state index in [-0.39, 0.29) is 11.6 Å². The summed E-state index contributed by atoms with van der Waals surface area (Å²) >= 11 is 0. The summed E-state index contributed by atoms with van der Waals surface area (Å²) in [7, 11) is 0. The van der Waals surface area contributed by atoms with Crippen LogP contribution in [-0.2, 0) is 11.2 Å². The Bertz CT molecular complexity index is 409. The van der Waals surface area contributed by atoms with Crippen LogP contribution in [0.5, 0.6) is 5.75 Å². The molecule has 98 valence electrons. The van der Waals surface area contributed by atoms with Crippen molar-refractivity contribution in [2.24, 2.45) is 5.73 Å². The van der Waals surface area contributed by atoms with Crippen molar-refractivity contribution in [3.8, 4) is 5.75 Å². The Labute approximate surface area is 108 Å². The van der Waals surface area contributed by atoms with E-state index in [2.05, 4.69) is 18.2 Å². The van der Waals surface area contributed by atoms with E-state index in [0.29, 0.717) is 6.61 Å². The minimum absolute atomic E-state index is 0.0621. The van der Waals surface area contributed by atoms with Crippen molar-refractivity contribution in [1.82, 2.24) is 0 Å². The Hall–Kier alpha value is -1.06. The van der Waals surface area contributed by atoms with E-state index in [4.69, 9.17) is 15.2 Å². The fourth-order valence-corrected chi connectivity index (χ4v) is 2.47. The van der Waals surface area contributed by atoms with E-state index in [9.17, 15) is 0 Å². The van der Waals surface area contributed by atoms with E-state index in [1.54, 1.807) is 0 Å². The molecule has 0 spiro atoms. The summed E-state index contributed by atoms with van der Waals surface area (Å²) in [6, 6.07) is 8.34. The largest absolute Gasteiger partial charge is 0.488 e. The molecule has 3 heteroatoms. The maximum atomic E-state index is 6.15. The molecule has 1 saturated carbocycles. The van der Waals surface area contributed by atoms with Crippen LogP contribution in [0.3, 0.4) is 0 Å². The summed E-state index contributed by atoms with van der Waals surface area (Å²) in [5.41, 5.74) is 7.50. The molecular weight excluding hydrogens is 226 g/mol. The predicted molar refractivity (Wildman–Crippen MR) is 70.8 cm³/mol. The highest BCUT2D eigenvalue weighted by Crippen LogP contribution is 2.36. The van der Waals surface area contributed by atoms with Gasteiger partial charge in [-0.15, -0.1) is 0 Å². The molecule has 0 radical (unpaired) electrons. The third kappa shape index (κ3) is 3.03. The average Bonchev–Trinajstić information content (AvgIpc) is 3.08. The van der Waals surface area contributed by atoms with Gasteiger partial charge in [-0.3, -0.25) is 0 Å². The fourth-order valence-electron chi connectivity index (χ4n) is 2.47. The highest BCUT2D eigenvalue weighted by Gasteiger charge is 2.37. The Balaban J connectivity index is 1.62. The molecule has 1 unspecified atom stereocenters. The van der Waals surface area contributed by atoms with Gasteiger partial charge in [-0.1, -0.05) is 12.1 Å². The molecule has 2 aliphatic rings. The number of hydrogen-bond donors (Lipinski definition) is 1. The monoisotopic (exact) mass is 247 g/mol. The Morgan fingerprint density at radius 2 is 2.28 bits per heavy atom. The van der Waals surface area contributed by atoms with Crippen LogP contribution in [0.2, 0.25) is 0 Å². The van der Waals surface area contributed by atoms with Gasteiger partial charge >= 0.3 is 0 Å². The standard InChI is InChI=1S/C15H21NO2/c16-15(6-7-15)10-12-3-1-4-13(9-12)18-14-5-2-8-17-11-14/h1,3-4,9,14H,2,5-8,10-11,16H2. The zero-order valence-corrected chi connectivity index (χ0v) is 10.7. The van der Waals surface area contributed by atoms with Crippen molar-refractivity contribution < 1.29 is 9.47 Å². The zero-order valence-electron chi connectivity index (χ0n) is 10.7. The third-order valence-corrected chi connectivity index (χ3v) is 3.77. The summed E-state index contributed by atoms with van der Waals surface area (Å²) in [6.45, 7) is 1.58. The molecule has 0 aromatic heterocycles. The van der Waals surface area contributed by atoms with Crippen LogP contribution >= 0.6 is 0 Å². The second-order valence-electron chi connectivity index (χ2n) is 5.64. The van der Waals surface area contributed by atoms with Crippen molar-refractivity contribution in [1.29, 1.82) is 0 Å². The Morgan fingerprint density at radius 3 is 3.00 bits per heavy atom. The first-order valence-electron chi connectivity index (χ1n) is 6.86. The third-order valence-electron chi connectivity index (χ3n) is 3.77. The molecule has 2 N–H and O–H groups in total. The van der Waals surface area contributed by atoms with Crippen molar-refractivity contribution in [3.05, 3.63) is 29.8 Å². The van der Waals surface area contributed by atoms with Crippen LogP contribution in [0.25, 0.3) is 0 Å². The highest BCUT2D eigenvalue weighted by molar-refractivity contribution is 5.31. The van der Waals surface area contributed by atoms with Crippen LogP contribution in [0.1, 0.15) is 31.2 Å². The van der Waals surface area contributed by atoms with Gasteiger partial charge in [-0.2, -0.15) is 0 Å². The SMILES string of the molecule is NC1(Cc2cccc(OC3CCCOC3)c2)CC1. The summed E-state index contributed by atoms with van der Waals surface area (Å²) in [6.07, 6.45) is 5.65. The van der Waals surface area contributed by atoms with Gasteiger partial charge < -0.3 is 15.2 Å². The number of benzene rings is 1. The lowest BCUT2D eigenvalue weighted by Gasteiger charge is -2.23. The van der Waals surface area contributed by atoms with Gasteiger partial charge in [-0.25, -0.2) is 0 Å². The van der Waals surface area contributed by atoms with Gasteiger partial charge in [0.25, 0.3) is 0 Å².